The van der Waals surface area contributed by atoms with Gasteiger partial charge in [0.05, 0.1) is 16.8 Å². The summed E-state index contributed by atoms with van der Waals surface area (Å²) in [6.07, 6.45) is 1.51. The van der Waals surface area contributed by atoms with E-state index in [4.69, 9.17) is 0 Å². The van der Waals surface area contributed by atoms with E-state index in [2.05, 4.69) is 20.9 Å². The molecule has 2 amide bonds. The summed E-state index contributed by atoms with van der Waals surface area (Å²) in [7, 11) is 0. The SMILES string of the molecule is O=C1c2ccccc2C(=O)N1c1cn2c(-c3ccc(Br)cc3)csc2nc1=O. The molecule has 5 rings (SSSR count). The highest BCUT2D eigenvalue weighted by Gasteiger charge is 2.38. The summed E-state index contributed by atoms with van der Waals surface area (Å²) >= 11 is 4.73. The van der Waals surface area contributed by atoms with E-state index in [1.165, 1.54) is 17.5 Å². The number of hydrogen-bond acceptors (Lipinski definition) is 5. The highest BCUT2D eigenvalue weighted by Crippen LogP contribution is 2.30. The number of carbonyl (C=O) groups is 2. The van der Waals surface area contributed by atoms with Gasteiger partial charge in [0.15, 0.2) is 4.96 Å². The maximum Gasteiger partial charge on any atom is 0.298 e. The van der Waals surface area contributed by atoms with E-state index in [0.717, 1.165) is 20.6 Å². The lowest BCUT2D eigenvalue weighted by molar-refractivity contribution is 0.0925. The number of carbonyl (C=O) groups excluding carboxylic acids is 2. The van der Waals surface area contributed by atoms with Gasteiger partial charge in [0.25, 0.3) is 17.4 Å². The molecule has 0 atom stereocenters. The van der Waals surface area contributed by atoms with Gasteiger partial charge >= 0.3 is 0 Å². The molecule has 6 nitrogen and oxygen atoms in total. The smallest absolute Gasteiger partial charge is 0.289 e. The zero-order valence-electron chi connectivity index (χ0n) is 14.1. The van der Waals surface area contributed by atoms with Crippen molar-refractivity contribution in [2.24, 2.45) is 0 Å². The van der Waals surface area contributed by atoms with Gasteiger partial charge in [0.1, 0.15) is 5.69 Å². The summed E-state index contributed by atoms with van der Waals surface area (Å²) in [5.41, 5.74) is 1.65. The van der Waals surface area contributed by atoms with Crippen molar-refractivity contribution in [3.05, 3.63) is 86.1 Å². The van der Waals surface area contributed by atoms with Crippen LogP contribution in [0.25, 0.3) is 16.2 Å². The number of benzene rings is 2. The average molecular weight is 452 g/mol. The maximum atomic E-state index is 12.8. The number of aromatic nitrogens is 2. The second-order valence-corrected chi connectivity index (χ2v) is 7.96. The first kappa shape index (κ1) is 17.0. The molecule has 136 valence electrons. The minimum atomic E-state index is -0.612. The third-order valence-electron chi connectivity index (χ3n) is 4.58. The van der Waals surface area contributed by atoms with Crippen molar-refractivity contribution in [3.63, 3.8) is 0 Å². The zero-order chi connectivity index (χ0) is 19.4. The Bertz CT molecular complexity index is 1310. The number of amides is 2. The second-order valence-electron chi connectivity index (χ2n) is 6.20. The summed E-state index contributed by atoms with van der Waals surface area (Å²) in [4.78, 5) is 43.6. The highest BCUT2D eigenvalue weighted by atomic mass is 79.9. The van der Waals surface area contributed by atoms with Crippen LogP contribution in [0.5, 0.6) is 0 Å². The molecule has 28 heavy (non-hydrogen) atoms. The number of imide groups is 1. The van der Waals surface area contributed by atoms with Crippen molar-refractivity contribution in [2.75, 3.05) is 4.90 Å². The molecule has 4 aromatic rings. The van der Waals surface area contributed by atoms with Crippen LogP contribution in [-0.4, -0.2) is 21.2 Å². The second kappa shape index (κ2) is 6.22. The van der Waals surface area contributed by atoms with Crippen molar-refractivity contribution in [1.82, 2.24) is 9.38 Å². The molecular weight excluding hydrogens is 442 g/mol. The number of nitrogens with zero attached hydrogens (tertiary/aromatic N) is 3. The lowest BCUT2D eigenvalue weighted by Crippen LogP contribution is -2.34. The van der Waals surface area contributed by atoms with E-state index in [1.54, 1.807) is 28.7 Å². The van der Waals surface area contributed by atoms with Crippen LogP contribution in [0, 0.1) is 0 Å². The molecule has 8 heteroatoms. The lowest BCUT2D eigenvalue weighted by Gasteiger charge is -2.13. The Labute approximate surface area is 170 Å². The predicted molar refractivity (Wildman–Crippen MR) is 110 cm³/mol. The fraction of sp³-hybridized carbons (Fsp3) is 0. The van der Waals surface area contributed by atoms with E-state index in [1.807, 2.05) is 29.6 Å². The third-order valence-corrected chi connectivity index (χ3v) is 5.95. The minimum absolute atomic E-state index is 0.0551. The first-order chi connectivity index (χ1) is 13.5. The molecule has 0 N–H and O–H groups in total. The van der Waals surface area contributed by atoms with Crippen LogP contribution in [0.3, 0.4) is 0 Å². The van der Waals surface area contributed by atoms with Gasteiger partial charge in [-0.05, 0) is 29.8 Å². The lowest BCUT2D eigenvalue weighted by atomic mass is 10.1. The van der Waals surface area contributed by atoms with Gasteiger partial charge < -0.3 is 0 Å². The number of thiazole rings is 1. The predicted octanol–water partition coefficient (Wildman–Crippen LogP) is 3.99. The normalized spacial score (nSPS) is 13.4. The number of halogens is 1. The van der Waals surface area contributed by atoms with Crippen molar-refractivity contribution in [2.45, 2.75) is 0 Å². The summed E-state index contributed by atoms with van der Waals surface area (Å²) in [5.74, 6) is -1.03. The topological polar surface area (TPSA) is 71.8 Å². The molecule has 0 bridgehead atoms. The first-order valence-corrected chi connectivity index (χ1v) is 9.96. The Morgan fingerprint density at radius 3 is 2.18 bits per heavy atom. The van der Waals surface area contributed by atoms with Gasteiger partial charge in [-0.3, -0.25) is 18.8 Å². The molecule has 3 heterocycles. The average Bonchev–Trinajstić information content (AvgIpc) is 3.21. The van der Waals surface area contributed by atoms with Gasteiger partial charge in [0, 0.05) is 16.0 Å². The van der Waals surface area contributed by atoms with E-state index >= 15 is 0 Å². The number of fused-ring (bicyclic) bond motifs is 2. The van der Waals surface area contributed by atoms with Gasteiger partial charge in [-0.1, -0.05) is 40.2 Å². The van der Waals surface area contributed by atoms with Crippen LogP contribution in [-0.2, 0) is 0 Å². The molecule has 0 aliphatic carbocycles. The largest absolute Gasteiger partial charge is 0.298 e. The fourth-order valence-corrected chi connectivity index (χ4v) is 4.37. The first-order valence-electron chi connectivity index (χ1n) is 8.29. The molecule has 0 saturated heterocycles. The molecule has 2 aromatic carbocycles. The Morgan fingerprint density at radius 2 is 1.54 bits per heavy atom. The van der Waals surface area contributed by atoms with Crippen LogP contribution in [0.15, 0.2) is 69.4 Å². The van der Waals surface area contributed by atoms with Gasteiger partial charge in [-0.15, -0.1) is 11.3 Å². The van der Waals surface area contributed by atoms with E-state index in [9.17, 15) is 14.4 Å². The monoisotopic (exact) mass is 451 g/mol. The number of rotatable bonds is 2. The number of anilines is 1. The molecule has 0 saturated carbocycles. The molecule has 0 fully saturated rings. The van der Waals surface area contributed by atoms with E-state index < -0.39 is 17.4 Å². The summed E-state index contributed by atoms with van der Waals surface area (Å²) in [5, 5.41) is 1.89. The highest BCUT2D eigenvalue weighted by molar-refractivity contribution is 9.10. The van der Waals surface area contributed by atoms with Crippen LogP contribution in [0.4, 0.5) is 5.69 Å². The summed E-state index contributed by atoms with van der Waals surface area (Å²) in [6, 6.07) is 14.2. The van der Waals surface area contributed by atoms with Crippen molar-refractivity contribution in [3.8, 4) is 11.3 Å². The van der Waals surface area contributed by atoms with Gasteiger partial charge in [-0.25, -0.2) is 4.90 Å². The maximum absolute atomic E-state index is 12.8. The Balaban J connectivity index is 1.69. The Hall–Kier alpha value is -3.10. The third kappa shape index (κ3) is 2.45. The zero-order valence-corrected chi connectivity index (χ0v) is 16.5. The molecule has 0 spiro atoms. The van der Waals surface area contributed by atoms with E-state index in [0.29, 0.717) is 4.96 Å². The van der Waals surface area contributed by atoms with Crippen LogP contribution in [0.2, 0.25) is 0 Å². The Morgan fingerprint density at radius 1 is 0.893 bits per heavy atom. The van der Waals surface area contributed by atoms with Crippen LogP contribution < -0.4 is 10.5 Å². The number of hydrogen-bond donors (Lipinski definition) is 0. The Kier molecular flexibility index (Phi) is 3.78. The van der Waals surface area contributed by atoms with Gasteiger partial charge in [0.2, 0.25) is 0 Å². The fourth-order valence-electron chi connectivity index (χ4n) is 3.24. The van der Waals surface area contributed by atoms with Crippen LogP contribution >= 0.6 is 27.3 Å². The molecular formula is C20H10BrN3O3S. The van der Waals surface area contributed by atoms with Crippen molar-refractivity contribution < 1.29 is 9.59 Å². The molecule has 1 aliphatic rings. The van der Waals surface area contributed by atoms with E-state index in [-0.39, 0.29) is 16.8 Å². The van der Waals surface area contributed by atoms with Crippen molar-refractivity contribution in [1.29, 1.82) is 0 Å². The molecule has 0 unspecified atom stereocenters. The standard InChI is InChI=1S/C20H10BrN3O3S/c21-12-7-5-11(6-8-12)16-10-28-20-22-17(25)15(9-23(16)20)24-18(26)13-3-1-2-4-14(13)19(24)27/h1-10H. The van der Waals surface area contributed by atoms with Crippen molar-refractivity contribution >= 4 is 49.7 Å². The molecule has 1 aliphatic heterocycles. The molecule has 2 aromatic heterocycles. The quantitative estimate of drug-likeness (QED) is 0.432. The summed E-state index contributed by atoms with van der Waals surface area (Å²) < 4.78 is 2.68. The van der Waals surface area contributed by atoms with Gasteiger partial charge in [-0.2, -0.15) is 4.98 Å². The minimum Gasteiger partial charge on any atom is -0.289 e. The summed E-state index contributed by atoms with van der Waals surface area (Å²) in [6.45, 7) is 0. The van der Waals surface area contributed by atoms with Crippen LogP contribution in [0.1, 0.15) is 20.7 Å². The molecule has 0 radical (unpaired) electrons.